The number of piperidine rings is 1. The van der Waals surface area contributed by atoms with Gasteiger partial charge in [0, 0.05) is 0 Å². The molecule has 4 aromatic rings. The number of hydrogen-bond acceptors (Lipinski definition) is 2. The average Bonchev–Trinajstić information content (AvgIpc) is 3.15. The predicted molar refractivity (Wildman–Crippen MR) is 127 cm³/mol. The van der Waals surface area contributed by atoms with E-state index in [0.717, 1.165) is 24.0 Å². The highest BCUT2D eigenvalue weighted by atomic mass is 16.3. The molecule has 0 spiro atoms. The lowest BCUT2D eigenvalue weighted by molar-refractivity contribution is -0.0185. The number of nitrogens with zero attached hydrogens (tertiary/aromatic N) is 1. The van der Waals surface area contributed by atoms with Crippen molar-refractivity contribution in [1.29, 1.82) is 0 Å². The van der Waals surface area contributed by atoms with E-state index in [1.807, 2.05) is 0 Å². The Morgan fingerprint density at radius 3 is 1.94 bits per heavy atom. The standard InChI is InChI=1S/C29H27NO/c31-28(25-16-10-12-21-11-2-3-13-22(21)25)29(30-19-8-1-9-20-30)26-17-6-4-14-23(26)24-15-5-7-18-27(24)29/h2-7,10-18,28,31H,1,8-9,19-20H2/t28-/m0/s1. The number of likely N-dealkylation sites (tertiary alicyclic amines) is 1. The third-order valence-corrected chi connectivity index (χ3v) is 7.33. The molecular weight excluding hydrogens is 378 g/mol. The van der Waals surface area contributed by atoms with Crippen LogP contribution in [0.3, 0.4) is 0 Å². The molecule has 31 heavy (non-hydrogen) atoms. The van der Waals surface area contributed by atoms with Gasteiger partial charge in [-0.2, -0.15) is 0 Å². The summed E-state index contributed by atoms with van der Waals surface area (Å²) >= 11 is 0. The monoisotopic (exact) mass is 405 g/mol. The lowest BCUT2D eigenvalue weighted by Gasteiger charge is -2.48. The van der Waals surface area contributed by atoms with E-state index >= 15 is 0 Å². The van der Waals surface area contributed by atoms with E-state index < -0.39 is 11.6 Å². The molecule has 1 atom stereocenters. The molecule has 1 fully saturated rings. The van der Waals surface area contributed by atoms with Crippen LogP contribution < -0.4 is 0 Å². The van der Waals surface area contributed by atoms with Crippen molar-refractivity contribution in [1.82, 2.24) is 4.90 Å². The lowest BCUT2D eigenvalue weighted by atomic mass is 9.75. The highest BCUT2D eigenvalue weighted by molar-refractivity contribution is 5.87. The van der Waals surface area contributed by atoms with Crippen molar-refractivity contribution in [2.75, 3.05) is 13.1 Å². The predicted octanol–water partition coefficient (Wildman–Crippen LogP) is 6.28. The molecule has 1 saturated heterocycles. The first-order valence-electron chi connectivity index (χ1n) is 11.4. The van der Waals surface area contributed by atoms with E-state index in [4.69, 9.17) is 0 Å². The van der Waals surface area contributed by atoms with Crippen LogP contribution in [0.2, 0.25) is 0 Å². The highest BCUT2D eigenvalue weighted by Gasteiger charge is 2.53. The van der Waals surface area contributed by atoms with Crippen LogP contribution in [0, 0.1) is 0 Å². The molecule has 1 N–H and O–H groups in total. The van der Waals surface area contributed by atoms with Gasteiger partial charge in [0.1, 0.15) is 11.6 Å². The Kier molecular flexibility index (Phi) is 4.45. The summed E-state index contributed by atoms with van der Waals surface area (Å²) in [5.74, 6) is 0. The largest absolute Gasteiger partial charge is 0.386 e. The summed E-state index contributed by atoms with van der Waals surface area (Å²) in [6, 6.07) is 32.1. The minimum atomic E-state index is -0.665. The molecule has 0 radical (unpaired) electrons. The number of fused-ring (bicyclic) bond motifs is 4. The van der Waals surface area contributed by atoms with Crippen molar-refractivity contribution < 1.29 is 5.11 Å². The molecule has 0 bridgehead atoms. The first-order valence-corrected chi connectivity index (χ1v) is 11.4. The molecule has 0 amide bonds. The van der Waals surface area contributed by atoms with Gasteiger partial charge in [-0.1, -0.05) is 97.4 Å². The fourth-order valence-electron chi connectivity index (χ4n) is 6.01. The van der Waals surface area contributed by atoms with Crippen LogP contribution in [0.5, 0.6) is 0 Å². The molecular formula is C29H27NO. The summed E-state index contributed by atoms with van der Waals surface area (Å²) in [6.07, 6.45) is 2.95. The van der Waals surface area contributed by atoms with Gasteiger partial charge in [-0.25, -0.2) is 0 Å². The van der Waals surface area contributed by atoms with Crippen LogP contribution in [-0.2, 0) is 5.54 Å². The van der Waals surface area contributed by atoms with Gasteiger partial charge in [0.25, 0.3) is 0 Å². The van der Waals surface area contributed by atoms with Crippen molar-refractivity contribution >= 4 is 10.8 Å². The van der Waals surface area contributed by atoms with Crippen molar-refractivity contribution in [3.05, 3.63) is 108 Å². The molecule has 154 valence electrons. The molecule has 2 nitrogen and oxygen atoms in total. The van der Waals surface area contributed by atoms with E-state index in [1.165, 1.54) is 46.9 Å². The van der Waals surface area contributed by atoms with Gasteiger partial charge in [-0.3, -0.25) is 4.90 Å². The second-order valence-corrected chi connectivity index (χ2v) is 8.88. The van der Waals surface area contributed by atoms with Gasteiger partial charge in [0.05, 0.1) is 0 Å². The van der Waals surface area contributed by atoms with Crippen LogP contribution in [-0.4, -0.2) is 23.1 Å². The van der Waals surface area contributed by atoms with E-state index in [2.05, 4.69) is 95.9 Å². The Bertz CT molecular complexity index is 1200. The van der Waals surface area contributed by atoms with E-state index in [1.54, 1.807) is 0 Å². The molecule has 0 saturated carbocycles. The summed E-state index contributed by atoms with van der Waals surface area (Å²) in [4.78, 5) is 2.56. The first kappa shape index (κ1) is 18.8. The van der Waals surface area contributed by atoms with Crippen molar-refractivity contribution in [2.45, 2.75) is 30.9 Å². The fourth-order valence-corrected chi connectivity index (χ4v) is 6.01. The van der Waals surface area contributed by atoms with Crippen molar-refractivity contribution in [2.24, 2.45) is 0 Å². The molecule has 0 aromatic heterocycles. The molecule has 2 aliphatic rings. The van der Waals surface area contributed by atoms with Crippen LogP contribution in [0.4, 0.5) is 0 Å². The number of aliphatic hydroxyl groups is 1. The lowest BCUT2D eigenvalue weighted by Crippen LogP contribution is -2.52. The SMILES string of the molecule is O[C@@H](c1cccc2ccccc12)C1(N2CCCCC2)c2ccccc2-c2ccccc21. The number of benzene rings is 4. The Balaban J connectivity index is 1.67. The maximum atomic E-state index is 12.4. The quantitative estimate of drug-likeness (QED) is 0.433. The maximum absolute atomic E-state index is 12.4. The zero-order valence-electron chi connectivity index (χ0n) is 17.7. The highest BCUT2D eigenvalue weighted by Crippen LogP contribution is 2.57. The molecule has 4 aromatic carbocycles. The maximum Gasteiger partial charge on any atom is 0.106 e. The van der Waals surface area contributed by atoms with Crippen LogP contribution in [0.15, 0.2) is 91.0 Å². The number of aliphatic hydroxyl groups excluding tert-OH is 1. The third-order valence-electron chi connectivity index (χ3n) is 7.33. The van der Waals surface area contributed by atoms with E-state index in [-0.39, 0.29) is 0 Å². The third kappa shape index (κ3) is 2.65. The molecule has 1 aliphatic carbocycles. The van der Waals surface area contributed by atoms with E-state index in [9.17, 15) is 5.11 Å². The van der Waals surface area contributed by atoms with Gasteiger partial charge in [0.2, 0.25) is 0 Å². The molecule has 1 aliphatic heterocycles. The molecule has 2 heteroatoms. The molecule has 6 rings (SSSR count). The van der Waals surface area contributed by atoms with Gasteiger partial charge in [0.15, 0.2) is 0 Å². The van der Waals surface area contributed by atoms with Crippen molar-refractivity contribution in [3.8, 4) is 11.1 Å². The minimum Gasteiger partial charge on any atom is -0.386 e. The zero-order chi connectivity index (χ0) is 20.8. The van der Waals surface area contributed by atoms with E-state index in [0.29, 0.717) is 0 Å². The van der Waals surface area contributed by atoms with Gasteiger partial charge in [-0.05, 0) is 64.5 Å². The van der Waals surface area contributed by atoms with Crippen LogP contribution in [0.25, 0.3) is 21.9 Å². The normalized spacial score (nSPS) is 18.5. The number of rotatable bonds is 3. The summed E-state index contributed by atoms with van der Waals surface area (Å²) in [6.45, 7) is 2.01. The Morgan fingerprint density at radius 1 is 0.645 bits per heavy atom. The summed E-state index contributed by atoms with van der Waals surface area (Å²) in [5.41, 5.74) is 5.41. The Morgan fingerprint density at radius 2 is 1.23 bits per heavy atom. The summed E-state index contributed by atoms with van der Waals surface area (Å²) < 4.78 is 0. The zero-order valence-corrected chi connectivity index (χ0v) is 17.7. The Hall–Kier alpha value is -2.94. The van der Waals surface area contributed by atoms with Gasteiger partial charge < -0.3 is 5.11 Å². The topological polar surface area (TPSA) is 23.5 Å². The summed E-state index contributed by atoms with van der Waals surface area (Å²) in [5, 5.41) is 14.7. The minimum absolute atomic E-state index is 0.572. The Labute approximate surface area is 183 Å². The van der Waals surface area contributed by atoms with Crippen LogP contribution >= 0.6 is 0 Å². The van der Waals surface area contributed by atoms with Crippen molar-refractivity contribution in [3.63, 3.8) is 0 Å². The van der Waals surface area contributed by atoms with Gasteiger partial charge in [-0.15, -0.1) is 0 Å². The molecule has 0 unspecified atom stereocenters. The van der Waals surface area contributed by atoms with Gasteiger partial charge >= 0.3 is 0 Å². The average molecular weight is 406 g/mol. The second-order valence-electron chi connectivity index (χ2n) is 8.88. The number of hydrogen-bond donors (Lipinski definition) is 1. The molecule has 1 heterocycles. The first-order chi connectivity index (χ1) is 15.3. The summed E-state index contributed by atoms with van der Waals surface area (Å²) in [7, 11) is 0. The smallest absolute Gasteiger partial charge is 0.106 e. The second kappa shape index (κ2) is 7.33. The fraction of sp³-hybridized carbons (Fsp3) is 0.241. The van der Waals surface area contributed by atoms with Crippen LogP contribution in [0.1, 0.15) is 42.1 Å².